The third kappa shape index (κ3) is 6.91. The van der Waals surface area contributed by atoms with E-state index in [0.717, 1.165) is 35.2 Å². The zero-order chi connectivity index (χ0) is 36.7. The molecule has 6 heterocycles. The molecular formula is C40H44N3O8S2+. The van der Waals surface area contributed by atoms with Gasteiger partial charge < -0.3 is 44.3 Å². The van der Waals surface area contributed by atoms with E-state index in [-0.39, 0.29) is 41.7 Å². The van der Waals surface area contributed by atoms with E-state index >= 15 is 0 Å². The summed E-state index contributed by atoms with van der Waals surface area (Å²) in [6.07, 6.45) is 2.37. The van der Waals surface area contributed by atoms with Crippen LogP contribution in [0.4, 0.5) is 0 Å². The third-order valence-corrected chi connectivity index (χ3v) is 13.3. The van der Waals surface area contributed by atoms with Gasteiger partial charge in [0, 0.05) is 37.3 Å². The SMILES string of the molecule is C[N+]1(CCCOc2ccc(CCNC[C@H](O)c3ccc(O)c4[nH]c(=O)ccc34)cc2)C2CC(OC(=O)C(O)(c3cccs3)c3cccs3)CC1C1OC12. The van der Waals surface area contributed by atoms with Gasteiger partial charge in [-0.2, -0.15) is 0 Å². The average molecular weight is 759 g/mol. The van der Waals surface area contributed by atoms with Gasteiger partial charge in [-0.25, -0.2) is 4.79 Å². The van der Waals surface area contributed by atoms with Crippen LogP contribution in [0.5, 0.6) is 11.5 Å². The first-order valence-corrected chi connectivity index (χ1v) is 19.9. The highest BCUT2D eigenvalue weighted by molar-refractivity contribution is 7.12. The molecule has 5 atom stereocenters. The number of nitrogens with one attached hydrogen (secondary N) is 2. The molecule has 3 fully saturated rings. The second-order valence-electron chi connectivity index (χ2n) is 14.5. The monoisotopic (exact) mass is 758 g/mol. The van der Waals surface area contributed by atoms with Crippen molar-refractivity contribution in [2.45, 2.75) is 67.8 Å². The number of thiophene rings is 2. The van der Waals surface area contributed by atoms with E-state index in [1.165, 1.54) is 34.8 Å². The predicted molar refractivity (Wildman–Crippen MR) is 202 cm³/mol. The topological polar surface area (TPSA) is 154 Å². The minimum atomic E-state index is -1.80. The van der Waals surface area contributed by atoms with Gasteiger partial charge in [0.2, 0.25) is 11.2 Å². The summed E-state index contributed by atoms with van der Waals surface area (Å²) in [7, 11) is 2.30. The maximum Gasteiger partial charge on any atom is 0.349 e. The second-order valence-corrected chi connectivity index (χ2v) is 16.4. The van der Waals surface area contributed by atoms with E-state index in [2.05, 4.69) is 29.5 Å². The van der Waals surface area contributed by atoms with Gasteiger partial charge in [-0.05, 0) is 71.3 Å². The van der Waals surface area contributed by atoms with E-state index in [0.29, 0.717) is 58.8 Å². The molecule has 0 spiro atoms. The molecule has 3 aliphatic heterocycles. The molecule has 13 heteroatoms. The van der Waals surface area contributed by atoms with Crippen LogP contribution < -0.4 is 15.6 Å². The number of aliphatic hydroxyl groups excluding tert-OH is 1. The number of likely N-dealkylation sites (N-methyl/N-ethyl adjacent to an activating group) is 1. The Bertz CT molecular complexity index is 2050. The van der Waals surface area contributed by atoms with Gasteiger partial charge in [-0.15, -0.1) is 22.7 Å². The van der Waals surface area contributed by atoms with Gasteiger partial charge in [-0.3, -0.25) is 4.79 Å². The number of epoxide rings is 1. The Balaban J connectivity index is 0.787. The Kier molecular flexibility index (Phi) is 9.92. The molecule has 11 nitrogen and oxygen atoms in total. The average Bonchev–Trinajstić information content (AvgIpc) is 3.45. The van der Waals surface area contributed by atoms with Crippen LogP contribution in [0.25, 0.3) is 10.9 Å². The number of rotatable bonds is 15. The molecule has 3 aromatic heterocycles. The molecule has 0 radical (unpaired) electrons. The van der Waals surface area contributed by atoms with Crippen molar-refractivity contribution in [2.75, 3.05) is 33.3 Å². The standard InChI is InChI=1S/C40H43N3O8S2/c1-43(29-21-26(22-30(43)38-37(29)51-38)50-39(47)40(48,33-5-2-19-52-33)34-6-3-20-53-34)17-4-18-49-25-9-7-24(8-10-25)15-16-41-23-32(45)27-11-13-31(44)36-28(27)12-14-35(46)42-36/h2-3,5-14,19-20,26,29-30,32,37-38,41,45,48H,4,15-18,21-23H2,1H3,(H-,42,44,46)/p+1/t26?,29?,30?,32-,37?,38?,43?/m0/s1. The molecule has 0 aliphatic carbocycles. The number of benzene rings is 2. The number of phenolic OH excluding ortho intramolecular Hbond substituents is 1. The fourth-order valence-corrected chi connectivity index (χ4v) is 10.2. The number of hydrogen-bond acceptors (Lipinski definition) is 11. The molecule has 2 aromatic carbocycles. The molecule has 0 saturated carbocycles. The lowest BCUT2D eigenvalue weighted by atomic mass is 9.94. The lowest BCUT2D eigenvalue weighted by Crippen LogP contribution is -2.63. The number of phenols is 1. The van der Waals surface area contributed by atoms with Crippen molar-refractivity contribution in [2.24, 2.45) is 0 Å². The summed E-state index contributed by atoms with van der Waals surface area (Å²) in [6, 6.07) is 22.0. The maximum absolute atomic E-state index is 13.6. The summed E-state index contributed by atoms with van der Waals surface area (Å²) in [5.74, 6) is 0.184. The Labute approximate surface area is 315 Å². The Hall–Kier alpha value is -4.08. The van der Waals surface area contributed by atoms with Crippen LogP contribution in [-0.4, -0.2) is 94.4 Å². The number of piperidine rings is 1. The molecular weight excluding hydrogens is 715 g/mol. The number of aromatic amines is 1. The van der Waals surface area contributed by atoms with Crippen molar-refractivity contribution < 1.29 is 38.8 Å². The van der Waals surface area contributed by atoms with Crippen LogP contribution in [-0.2, 0) is 26.3 Å². The van der Waals surface area contributed by atoms with Crippen LogP contribution in [0, 0.1) is 0 Å². The summed E-state index contributed by atoms with van der Waals surface area (Å²) in [5.41, 5.74) is -0.0122. The third-order valence-electron chi connectivity index (χ3n) is 11.3. The minimum Gasteiger partial charge on any atom is -0.506 e. The smallest absolute Gasteiger partial charge is 0.349 e. The number of hydrogen-bond donors (Lipinski definition) is 5. The van der Waals surface area contributed by atoms with Gasteiger partial charge in [-0.1, -0.05) is 30.3 Å². The van der Waals surface area contributed by atoms with Crippen molar-refractivity contribution >= 4 is 39.5 Å². The van der Waals surface area contributed by atoms with E-state index in [1.54, 1.807) is 24.3 Å². The fourth-order valence-electron chi connectivity index (χ4n) is 8.49. The highest BCUT2D eigenvalue weighted by Crippen LogP contribution is 2.53. The molecule has 0 amide bonds. The Morgan fingerprint density at radius 1 is 1.02 bits per heavy atom. The second kappa shape index (κ2) is 14.6. The largest absolute Gasteiger partial charge is 0.506 e. The number of carbonyl (C=O) groups is 1. The normalized spacial score (nSPS) is 25.2. The number of quaternary nitrogens is 1. The minimum absolute atomic E-state index is 0.0314. The van der Waals surface area contributed by atoms with Gasteiger partial charge in [0.15, 0.2) is 0 Å². The van der Waals surface area contributed by atoms with Gasteiger partial charge >= 0.3 is 5.97 Å². The van der Waals surface area contributed by atoms with Gasteiger partial charge in [0.1, 0.15) is 41.9 Å². The first-order chi connectivity index (χ1) is 25.6. The number of aromatic hydroxyl groups is 1. The Morgan fingerprint density at radius 3 is 2.38 bits per heavy atom. The molecule has 4 unspecified atom stereocenters. The van der Waals surface area contributed by atoms with Crippen LogP contribution in [0.2, 0.25) is 0 Å². The first kappa shape index (κ1) is 35.9. The Morgan fingerprint density at radius 2 is 1.72 bits per heavy atom. The summed E-state index contributed by atoms with van der Waals surface area (Å²) < 4.78 is 19.2. The summed E-state index contributed by atoms with van der Waals surface area (Å²) in [4.78, 5) is 29.1. The number of nitrogens with zero attached hydrogens (tertiary/aromatic N) is 1. The molecule has 2 bridgehead atoms. The van der Waals surface area contributed by atoms with Crippen LogP contribution in [0.1, 0.15) is 46.2 Å². The molecule has 5 N–H and O–H groups in total. The molecule has 3 saturated heterocycles. The molecule has 8 rings (SSSR count). The van der Waals surface area contributed by atoms with Crippen molar-refractivity contribution in [1.29, 1.82) is 0 Å². The van der Waals surface area contributed by atoms with Crippen molar-refractivity contribution in [3.05, 3.63) is 115 Å². The lowest BCUT2D eigenvalue weighted by molar-refractivity contribution is -0.956. The predicted octanol–water partition coefficient (Wildman–Crippen LogP) is 4.60. The van der Waals surface area contributed by atoms with Crippen LogP contribution >= 0.6 is 22.7 Å². The lowest BCUT2D eigenvalue weighted by Gasteiger charge is -2.48. The van der Waals surface area contributed by atoms with E-state index in [9.17, 15) is 24.9 Å². The number of carbonyl (C=O) groups excluding carboxylic acids is 1. The number of aromatic nitrogens is 1. The number of esters is 1. The number of ether oxygens (including phenoxy) is 3. The van der Waals surface area contributed by atoms with Gasteiger partial charge in [0.05, 0.1) is 41.6 Å². The van der Waals surface area contributed by atoms with E-state index in [4.69, 9.17) is 14.2 Å². The van der Waals surface area contributed by atoms with Gasteiger partial charge in [0.25, 0.3) is 0 Å². The van der Waals surface area contributed by atoms with Crippen LogP contribution in [0.15, 0.2) is 88.4 Å². The molecule has 53 heavy (non-hydrogen) atoms. The summed E-state index contributed by atoms with van der Waals surface area (Å²) in [5, 5.41) is 40.3. The first-order valence-electron chi connectivity index (χ1n) is 18.1. The number of H-pyrrole nitrogens is 1. The fraction of sp³-hybridized carbons (Fsp3) is 0.400. The number of pyridine rings is 1. The van der Waals surface area contributed by atoms with E-state index in [1.807, 2.05) is 35.0 Å². The summed E-state index contributed by atoms with van der Waals surface area (Å²) >= 11 is 2.70. The van der Waals surface area contributed by atoms with Crippen molar-refractivity contribution in [1.82, 2.24) is 10.3 Å². The van der Waals surface area contributed by atoms with Crippen molar-refractivity contribution in [3.63, 3.8) is 0 Å². The number of aliphatic hydroxyl groups is 2. The maximum atomic E-state index is 13.6. The molecule has 3 aliphatic rings. The van der Waals surface area contributed by atoms with Crippen molar-refractivity contribution in [3.8, 4) is 11.5 Å². The van der Waals surface area contributed by atoms with Crippen LogP contribution in [0.3, 0.4) is 0 Å². The molecule has 5 aromatic rings. The molecule has 278 valence electrons. The number of morpholine rings is 1. The quantitative estimate of drug-likeness (QED) is 0.0447. The van der Waals surface area contributed by atoms with E-state index < -0.39 is 17.7 Å². The summed E-state index contributed by atoms with van der Waals surface area (Å²) in [6.45, 7) is 2.52. The highest BCUT2D eigenvalue weighted by atomic mass is 32.1. The zero-order valence-corrected chi connectivity index (χ0v) is 31.0. The number of fused-ring (bicyclic) bond motifs is 6. The zero-order valence-electron chi connectivity index (χ0n) is 29.4. The highest BCUT2D eigenvalue weighted by Gasteiger charge is 2.72.